The molecule has 0 bridgehead atoms. The highest BCUT2D eigenvalue weighted by atomic mass is 19.4. The lowest BCUT2D eigenvalue weighted by molar-refractivity contribution is -0.192. The van der Waals surface area contributed by atoms with Crippen LogP contribution < -0.4 is 4.74 Å². The summed E-state index contributed by atoms with van der Waals surface area (Å²) in [4.78, 5) is 11.4. The van der Waals surface area contributed by atoms with Crippen LogP contribution in [-0.4, -0.2) is 60.1 Å². The lowest BCUT2D eigenvalue weighted by atomic mass is 9.88. The van der Waals surface area contributed by atoms with E-state index in [0.29, 0.717) is 0 Å². The Kier molecular flexibility index (Phi) is 6.88. The van der Waals surface area contributed by atoms with Crippen LogP contribution in [0.15, 0.2) is 30.3 Å². The minimum absolute atomic E-state index is 0.0884. The second-order valence-electron chi connectivity index (χ2n) is 6.49. The molecule has 146 valence electrons. The first-order valence-electron chi connectivity index (χ1n) is 8.62. The van der Waals surface area contributed by atoms with Gasteiger partial charge in [0.15, 0.2) is 0 Å². The Morgan fingerprint density at radius 1 is 1.31 bits per heavy atom. The number of likely N-dealkylation sites (tertiary alicyclic amines) is 1. The molecule has 0 radical (unpaired) electrons. The molecular weight excluding hydrogens is 351 g/mol. The van der Waals surface area contributed by atoms with Crippen LogP contribution in [0.2, 0.25) is 0 Å². The van der Waals surface area contributed by atoms with E-state index in [4.69, 9.17) is 19.4 Å². The normalized spacial score (nSPS) is 22.5. The quantitative estimate of drug-likeness (QED) is 0.878. The topological polar surface area (TPSA) is 59.0 Å². The molecule has 1 atom stereocenters. The van der Waals surface area contributed by atoms with Crippen molar-refractivity contribution in [3.8, 4) is 5.75 Å². The van der Waals surface area contributed by atoms with Gasteiger partial charge in [-0.25, -0.2) is 4.79 Å². The molecule has 5 nitrogen and oxygen atoms in total. The van der Waals surface area contributed by atoms with Gasteiger partial charge in [-0.15, -0.1) is 0 Å². The predicted octanol–water partition coefficient (Wildman–Crippen LogP) is 3.34. The number of aliphatic carboxylic acids is 1. The molecule has 2 aliphatic heterocycles. The fourth-order valence-electron chi connectivity index (χ4n) is 3.19. The molecule has 1 aromatic carbocycles. The summed E-state index contributed by atoms with van der Waals surface area (Å²) in [6.07, 6.45) is -1.53. The molecule has 2 saturated heterocycles. The average Bonchev–Trinajstić information content (AvgIpc) is 2.98. The number of carboxylic acid groups (broad SMARTS) is 1. The zero-order valence-corrected chi connectivity index (χ0v) is 14.7. The number of hydrogen-bond acceptors (Lipinski definition) is 4. The van der Waals surface area contributed by atoms with Crippen molar-refractivity contribution >= 4 is 5.97 Å². The molecule has 26 heavy (non-hydrogen) atoms. The number of carbonyl (C=O) groups is 1. The number of alkyl halides is 3. The Morgan fingerprint density at radius 3 is 2.38 bits per heavy atom. The highest BCUT2D eigenvalue weighted by Crippen LogP contribution is 2.37. The maximum absolute atomic E-state index is 10.6. The minimum Gasteiger partial charge on any atom is -0.488 e. The molecule has 1 spiro atoms. The third-order valence-corrected chi connectivity index (χ3v) is 4.68. The number of para-hydroxylation sites is 1. The van der Waals surface area contributed by atoms with Crippen LogP contribution in [0.1, 0.15) is 26.2 Å². The first kappa shape index (κ1) is 20.5. The lowest BCUT2D eigenvalue weighted by Crippen LogP contribution is -2.44. The summed E-state index contributed by atoms with van der Waals surface area (Å²) in [5.74, 6) is -1.80. The van der Waals surface area contributed by atoms with Gasteiger partial charge >= 0.3 is 12.1 Å². The van der Waals surface area contributed by atoms with E-state index in [2.05, 4.69) is 11.8 Å². The number of halogens is 3. The molecule has 1 N–H and O–H groups in total. The molecule has 8 heteroatoms. The molecule has 1 unspecified atom stereocenters. The maximum atomic E-state index is 10.6. The van der Waals surface area contributed by atoms with Crippen LogP contribution >= 0.6 is 0 Å². The predicted molar refractivity (Wildman–Crippen MR) is 89.2 cm³/mol. The summed E-state index contributed by atoms with van der Waals surface area (Å²) in [7, 11) is 0. The Labute approximate surface area is 150 Å². The van der Waals surface area contributed by atoms with Crippen LogP contribution in [0, 0.1) is 0 Å². The lowest BCUT2D eigenvalue weighted by Gasteiger charge is -2.38. The van der Waals surface area contributed by atoms with Crippen molar-refractivity contribution in [1.82, 2.24) is 4.90 Å². The van der Waals surface area contributed by atoms with Gasteiger partial charge in [0.25, 0.3) is 0 Å². The number of rotatable bonds is 3. The zero-order valence-electron chi connectivity index (χ0n) is 14.7. The largest absolute Gasteiger partial charge is 0.490 e. The highest BCUT2D eigenvalue weighted by Gasteiger charge is 2.43. The van der Waals surface area contributed by atoms with Gasteiger partial charge in [-0.2, -0.15) is 13.2 Å². The number of ether oxygens (including phenoxy) is 2. The Morgan fingerprint density at radius 2 is 1.88 bits per heavy atom. The molecule has 0 amide bonds. The Bertz CT molecular complexity index is 572. The molecule has 0 saturated carbocycles. The second kappa shape index (κ2) is 8.73. The number of piperidine rings is 1. The second-order valence-corrected chi connectivity index (χ2v) is 6.49. The van der Waals surface area contributed by atoms with Gasteiger partial charge in [-0.1, -0.05) is 25.1 Å². The summed E-state index contributed by atoms with van der Waals surface area (Å²) >= 11 is 0. The average molecular weight is 375 g/mol. The van der Waals surface area contributed by atoms with E-state index in [1.165, 1.54) is 0 Å². The van der Waals surface area contributed by atoms with Crippen LogP contribution in [0.25, 0.3) is 0 Å². The van der Waals surface area contributed by atoms with Crippen LogP contribution in [0.3, 0.4) is 0 Å². The smallest absolute Gasteiger partial charge is 0.488 e. The number of nitrogens with zero attached hydrogens (tertiary/aromatic N) is 1. The first-order valence-corrected chi connectivity index (χ1v) is 8.62. The molecule has 2 fully saturated rings. The number of hydrogen-bond donors (Lipinski definition) is 1. The van der Waals surface area contributed by atoms with E-state index in [-0.39, 0.29) is 11.7 Å². The summed E-state index contributed by atoms with van der Waals surface area (Å²) < 4.78 is 43.9. The van der Waals surface area contributed by atoms with Crippen molar-refractivity contribution in [3.63, 3.8) is 0 Å². The summed E-state index contributed by atoms with van der Waals surface area (Å²) in [5.41, 5.74) is 0.0884. The van der Waals surface area contributed by atoms with E-state index < -0.39 is 12.1 Å². The molecule has 2 aliphatic rings. The van der Waals surface area contributed by atoms with E-state index in [1.807, 2.05) is 30.3 Å². The van der Waals surface area contributed by atoms with E-state index in [9.17, 15) is 13.2 Å². The van der Waals surface area contributed by atoms with Gasteiger partial charge in [0.05, 0.1) is 12.2 Å². The minimum atomic E-state index is -5.08. The van der Waals surface area contributed by atoms with Gasteiger partial charge in [0, 0.05) is 19.5 Å². The van der Waals surface area contributed by atoms with Crippen molar-refractivity contribution in [2.45, 2.75) is 44.1 Å². The van der Waals surface area contributed by atoms with Crippen LogP contribution in [0.5, 0.6) is 5.75 Å². The molecule has 2 heterocycles. The Hall–Kier alpha value is -1.80. The monoisotopic (exact) mass is 375 g/mol. The number of carboxylic acids is 1. The first-order chi connectivity index (χ1) is 12.2. The molecular formula is C18H24F3NO4. The summed E-state index contributed by atoms with van der Waals surface area (Å²) in [6, 6.07) is 10.1. The van der Waals surface area contributed by atoms with Crippen molar-refractivity contribution in [1.29, 1.82) is 0 Å². The third kappa shape index (κ3) is 5.88. The van der Waals surface area contributed by atoms with Gasteiger partial charge < -0.3 is 19.5 Å². The molecule has 3 rings (SSSR count). The summed E-state index contributed by atoms with van der Waals surface area (Å²) in [5, 5.41) is 7.12. The number of benzene rings is 1. The summed E-state index contributed by atoms with van der Waals surface area (Å²) in [6.45, 7) is 6.44. The fourth-order valence-corrected chi connectivity index (χ4v) is 3.19. The van der Waals surface area contributed by atoms with Gasteiger partial charge in [-0.3, -0.25) is 0 Å². The van der Waals surface area contributed by atoms with Crippen molar-refractivity contribution in [2.75, 3.05) is 26.2 Å². The SMILES string of the molecule is CCN1CCC2(CC1)CC(Oc1ccccc1)CO2.O=C(O)C(F)(F)F. The van der Waals surface area contributed by atoms with Crippen molar-refractivity contribution in [2.24, 2.45) is 0 Å². The maximum Gasteiger partial charge on any atom is 0.490 e. The van der Waals surface area contributed by atoms with Crippen molar-refractivity contribution in [3.05, 3.63) is 30.3 Å². The van der Waals surface area contributed by atoms with Gasteiger partial charge in [-0.05, 0) is 31.5 Å². The Balaban J connectivity index is 0.000000298. The molecule has 0 aromatic heterocycles. The fraction of sp³-hybridized carbons (Fsp3) is 0.611. The van der Waals surface area contributed by atoms with Gasteiger partial charge in [0.2, 0.25) is 0 Å². The third-order valence-electron chi connectivity index (χ3n) is 4.68. The van der Waals surface area contributed by atoms with E-state index >= 15 is 0 Å². The van der Waals surface area contributed by atoms with Gasteiger partial charge in [0.1, 0.15) is 11.9 Å². The van der Waals surface area contributed by atoms with E-state index in [1.54, 1.807) is 0 Å². The zero-order chi connectivity index (χ0) is 19.2. The van der Waals surface area contributed by atoms with E-state index in [0.717, 1.165) is 51.3 Å². The molecule has 0 aliphatic carbocycles. The van der Waals surface area contributed by atoms with Crippen LogP contribution in [-0.2, 0) is 9.53 Å². The highest BCUT2D eigenvalue weighted by molar-refractivity contribution is 5.73. The van der Waals surface area contributed by atoms with Crippen LogP contribution in [0.4, 0.5) is 13.2 Å². The van der Waals surface area contributed by atoms with Crippen molar-refractivity contribution < 1.29 is 32.5 Å². The standard InChI is InChI=1S/C16H23NO2.C2HF3O2/c1-2-17-10-8-16(9-11-17)12-15(13-18-16)19-14-6-4-3-5-7-14;3-2(4,5)1(6)7/h3-7,15H,2,8-13H2,1H3;(H,6,7). The molecule has 1 aromatic rings.